The number of nitrogens with two attached hydrogens (primary N) is 1. The van der Waals surface area contributed by atoms with Crippen molar-refractivity contribution >= 4 is 49.0 Å². The normalized spacial score (nSPS) is 11.6. The van der Waals surface area contributed by atoms with Crippen LogP contribution in [0.25, 0.3) is 0 Å². The van der Waals surface area contributed by atoms with Crippen LogP contribution in [0, 0.1) is 0 Å². The summed E-state index contributed by atoms with van der Waals surface area (Å²) < 4.78 is 7.57. The predicted octanol–water partition coefficient (Wildman–Crippen LogP) is 3.95. The first-order valence-corrected chi connectivity index (χ1v) is 7.70. The van der Waals surface area contributed by atoms with Crippen molar-refractivity contribution in [3.8, 4) is 5.75 Å². The number of benzene rings is 1. The van der Waals surface area contributed by atoms with Gasteiger partial charge in [0.2, 0.25) is 0 Å². The molecule has 0 aliphatic carbocycles. The molecule has 7 heteroatoms. The Morgan fingerprint density at radius 1 is 1.37 bits per heavy atom. The van der Waals surface area contributed by atoms with Crippen molar-refractivity contribution in [3.05, 3.63) is 49.0 Å². The van der Waals surface area contributed by atoms with Crippen LogP contribution in [0.4, 0.5) is 0 Å². The summed E-state index contributed by atoms with van der Waals surface area (Å²) in [5.41, 5.74) is 6.18. The first-order valence-electron chi connectivity index (χ1n) is 5.24. The third-order valence-corrected chi connectivity index (χ3v) is 4.77. The second kappa shape index (κ2) is 6.40. The van der Waals surface area contributed by atoms with Gasteiger partial charge in [0.25, 0.3) is 0 Å². The van der Waals surface area contributed by atoms with E-state index < -0.39 is 0 Å². The fourth-order valence-electron chi connectivity index (χ4n) is 1.45. The third-order valence-electron chi connectivity index (χ3n) is 2.38. The minimum absolute atomic E-state index is 0.0153. The van der Waals surface area contributed by atoms with Crippen molar-refractivity contribution in [2.75, 3.05) is 0 Å². The first kappa shape index (κ1) is 14.4. The van der Waals surface area contributed by atoms with Crippen LogP contribution in [0.3, 0.4) is 0 Å². The molecule has 0 radical (unpaired) electrons. The van der Waals surface area contributed by atoms with Gasteiger partial charge in [-0.05, 0) is 45.6 Å². The molecular weight excluding hydrogens is 396 g/mol. The molecule has 0 atom stereocenters. The molecule has 1 aromatic heterocycles. The Morgan fingerprint density at radius 3 is 2.79 bits per heavy atom. The lowest BCUT2D eigenvalue weighted by Gasteiger charge is -2.10. The van der Waals surface area contributed by atoms with Gasteiger partial charge in [-0.1, -0.05) is 21.1 Å². The monoisotopic (exact) mass is 404 g/mol. The molecule has 0 bridgehead atoms. The minimum atomic E-state index is 0.0153. The van der Waals surface area contributed by atoms with Crippen LogP contribution in [0.1, 0.15) is 10.4 Å². The predicted molar refractivity (Wildman–Crippen MR) is 83.0 cm³/mol. The van der Waals surface area contributed by atoms with Crippen molar-refractivity contribution in [1.82, 2.24) is 0 Å². The van der Waals surface area contributed by atoms with Gasteiger partial charge in [0.15, 0.2) is 5.84 Å². The molecule has 0 fully saturated rings. The molecule has 3 N–H and O–H groups in total. The van der Waals surface area contributed by atoms with E-state index in [0.717, 1.165) is 13.8 Å². The standard InChI is InChI=1S/C12H10Br2N2O2S/c13-7-1-2-10(8(5-7)12(15)16-17)18-6-11-9(14)3-4-19-11/h1-5,17H,6H2,(H2,15,16). The van der Waals surface area contributed by atoms with Crippen molar-refractivity contribution < 1.29 is 9.94 Å². The highest BCUT2D eigenvalue weighted by Gasteiger charge is 2.10. The van der Waals surface area contributed by atoms with E-state index in [9.17, 15) is 0 Å². The second-order valence-electron chi connectivity index (χ2n) is 3.61. The van der Waals surface area contributed by atoms with Crippen LogP contribution in [0.15, 0.2) is 43.7 Å². The van der Waals surface area contributed by atoms with Gasteiger partial charge in [-0.2, -0.15) is 0 Å². The van der Waals surface area contributed by atoms with E-state index in [2.05, 4.69) is 37.0 Å². The summed E-state index contributed by atoms with van der Waals surface area (Å²) in [6.45, 7) is 0.422. The van der Waals surface area contributed by atoms with Crippen molar-refractivity contribution in [2.45, 2.75) is 6.61 Å². The summed E-state index contributed by atoms with van der Waals surface area (Å²) in [5, 5.41) is 13.8. The highest BCUT2D eigenvalue weighted by molar-refractivity contribution is 9.10. The summed E-state index contributed by atoms with van der Waals surface area (Å²) in [7, 11) is 0. The van der Waals surface area contributed by atoms with Gasteiger partial charge in [0, 0.05) is 8.95 Å². The molecule has 0 aliphatic rings. The molecule has 100 valence electrons. The summed E-state index contributed by atoms with van der Waals surface area (Å²) in [6.07, 6.45) is 0. The number of thiophene rings is 1. The SMILES string of the molecule is N/C(=N/O)c1cc(Br)ccc1OCc1sccc1Br. The number of oxime groups is 1. The van der Waals surface area contributed by atoms with Crippen LogP contribution in [-0.2, 0) is 6.61 Å². The molecule has 0 amide bonds. The third kappa shape index (κ3) is 3.49. The van der Waals surface area contributed by atoms with E-state index in [1.54, 1.807) is 23.5 Å². The lowest BCUT2D eigenvalue weighted by molar-refractivity contribution is 0.305. The Hall–Kier alpha value is -1.05. The van der Waals surface area contributed by atoms with Crippen molar-refractivity contribution in [1.29, 1.82) is 0 Å². The highest BCUT2D eigenvalue weighted by atomic mass is 79.9. The smallest absolute Gasteiger partial charge is 0.173 e. The molecule has 2 rings (SSSR count). The highest BCUT2D eigenvalue weighted by Crippen LogP contribution is 2.27. The van der Waals surface area contributed by atoms with Crippen molar-refractivity contribution in [3.63, 3.8) is 0 Å². The van der Waals surface area contributed by atoms with Gasteiger partial charge in [-0.15, -0.1) is 11.3 Å². The maximum absolute atomic E-state index is 8.79. The van der Waals surface area contributed by atoms with Crippen LogP contribution < -0.4 is 10.5 Å². The average molecular weight is 406 g/mol. The molecule has 19 heavy (non-hydrogen) atoms. The lowest BCUT2D eigenvalue weighted by Crippen LogP contribution is -2.14. The largest absolute Gasteiger partial charge is 0.487 e. The van der Waals surface area contributed by atoms with Gasteiger partial charge < -0.3 is 15.7 Å². The number of nitrogens with zero attached hydrogens (tertiary/aromatic N) is 1. The Labute approximate surface area is 131 Å². The fraction of sp³-hybridized carbons (Fsp3) is 0.0833. The molecule has 4 nitrogen and oxygen atoms in total. The Kier molecular flexibility index (Phi) is 4.84. The lowest BCUT2D eigenvalue weighted by atomic mass is 10.2. The fourth-order valence-corrected chi connectivity index (χ4v) is 3.19. The van der Waals surface area contributed by atoms with Gasteiger partial charge in [-0.25, -0.2) is 0 Å². The molecule has 0 saturated carbocycles. The second-order valence-corrected chi connectivity index (χ2v) is 6.38. The topological polar surface area (TPSA) is 67.8 Å². The summed E-state index contributed by atoms with van der Waals surface area (Å²) >= 11 is 8.39. The van der Waals surface area contributed by atoms with E-state index in [1.165, 1.54) is 0 Å². The number of hydrogen-bond donors (Lipinski definition) is 2. The molecular formula is C12H10Br2N2O2S. The number of hydrogen-bond acceptors (Lipinski definition) is 4. The maximum atomic E-state index is 8.79. The zero-order valence-corrected chi connectivity index (χ0v) is 13.6. The van der Waals surface area contributed by atoms with Crippen molar-refractivity contribution in [2.24, 2.45) is 10.9 Å². The molecule has 0 saturated heterocycles. The maximum Gasteiger partial charge on any atom is 0.173 e. The number of amidine groups is 1. The number of rotatable bonds is 4. The van der Waals surface area contributed by atoms with Gasteiger partial charge >= 0.3 is 0 Å². The van der Waals surface area contributed by atoms with Gasteiger partial charge in [0.05, 0.1) is 10.4 Å². The Bertz CT molecular complexity index is 614. The van der Waals surface area contributed by atoms with Gasteiger partial charge in [-0.3, -0.25) is 0 Å². The summed E-state index contributed by atoms with van der Waals surface area (Å²) in [5.74, 6) is 0.584. The molecule has 0 aliphatic heterocycles. The molecule has 2 aromatic rings. The quantitative estimate of drug-likeness (QED) is 0.350. The molecule has 1 heterocycles. The van der Waals surface area contributed by atoms with Gasteiger partial charge in [0.1, 0.15) is 12.4 Å². The molecule has 0 spiro atoms. The van der Waals surface area contributed by atoms with Crippen LogP contribution in [0.5, 0.6) is 5.75 Å². The molecule has 1 aromatic carbocycles. The molecule has 0 unspecified atom stereocenters. The average Bonchev–Trinajstić information content (AvgIpc) is 2.82. The van der Waals surface area contributed by atoms with E-state index in [0.29, 0.717) is 17.9 Å². The van der Waals surface area contributed by atoms with Crippen LogP contribution in [-0.4, -0.2) is 11.0 Å². The van der Waals surface area contributed by atoms with E-state index in [1.807, 2.05) is 17.5 Å². The number of halogens is 2. The Balaban J connectivity index is 2.23. The summed E-state index contributed by atoms with van der Waals surface area (Å²) in [6, 6.07) is 7.33. The Morgan fingerprint density at radius 2 is 2.16 bits per heavy atom. The number of ether oxygens (including phenoxy) is 1. The first-order chi connectivity index (χ1) is 9.11. The van der Waals surface area contributed by atoms with Crippen LogP contribution >= 0.6 is 43.2 Å². The van der Waals surface area contributed by atoms with Crippen LogP contribution in [0.2, 0.25) is 0 Å². The zero-order valence-electron chi connectivity index (χ0n) is 9.64. The van der Waals surface area contributed by atoms with E-state index in [-0.39, 0.29) is 5.84 Å². The van der Waals surface area contributed by atoms with E-state index in [4.69, 9.17) is 15.7 Å². The zero-order chi connectivity index (χ0) is 13.8. The summed E-state index contributed by atoms with van der Waals surface area (Å²) in [4.78, 5) is 1.08. The minimum Gasteiger partial charge on any atom is -0.487 e. The van der Waals surface area contributed by atoms with E-state index >= 15 is 0 Å².